The summed E-state index contributed by atoms with van der Waals surface area (Å²) in [5.41, 5.74) is 1.46. The second-order valence-corrected chi connectivity index (χ2v) is 6.88. The van der Waals surface area contributed by atoms with Crippen LogP contribution in [0.15, 0.2) is 48.5 Å². The predicted octanol–water partition coefficient (Wildman–Crippen LogP) is 1.93. The molecule has 1 aliphatic heterocycles. The van der Waals surface area contributed by atoms with Crippen molar-refractivity contribution in [2.45, 2.75) is 45.4 Å². The van der Waals surface area contributed by atoms with Gasteiger partial charge in [0.2, 0.25) is 0 Å². The third kappa shape index (κ3) is 5.87. The molecule has 1 saturated heterocycles. The minimum absolute atomic E-state index is 0.125. The number of carbonyl (C=O) groups is 2. The Hall–Kier alpha value is -2.78. The number of para-hydroxylation sites is 2. The summed E-state index contributed by atoms with van der Waals surface area (Å²) < 4.78 is 21.9. The smallest absolute Gasteiger partial charge is 0.308 e. The number of carbonyl (C=O) groups excluding carboxylic acids is 2. The molecule has 0 saturated carbocycles. The third-order valence-electron chi connectivity index (χ3n) is 4.50. The molecule has 1 unspecified atom stereocenters. The zero-order valence-electron chi connectivity index (χ0n) is 16.9. The number of hydrogen-bond donors (Lipinski definition) is 2. The molecule has 3 atom stereocenters. The molecule has 0 spiro atoms. The van der Waals surface area contributed by atoms with Crippen LogP contribution in [-0.2, 0) is 32.2 Å². The maximum Gasteiger partial charge on any atom is 0.308 e. The van der Waals surface area contributed by atoms with Crippen molar-refractivity contribution in [1.29, 1.82) is 0 Å². The van der Waals surface area contributed by atoms with Crippen LogP contribution < -0.4 is 14.8 Å². The SMILES string of the molecule is CC(=O)Oc1ccccc1CNC1OC[C@@H](O)[C@@H]1OCc1ccccc1OC(C)=O. The first-order valence-corrected chi connectivity index (χ1v) is 9.61. The van der Waals surface area contributed by atoms with Gasteiger partial charge < -0.3 is 24.1 Å². The van der Waals surface area contributed by atoms with Gasteiger partial charge in [-0.05, 0) is 12.1 Å². The molecule has 2 aromatic carbocycles. The Morgan fingerprint density at radius 1 is 1.00 bits per heavy atom. The Labute approximate surface area is 174 Å². The molecule has 8 heteroatoms. The van der Waals surface area contributed by atoms with Crippen LogP contribution in [0.5, 0.6) is 11.5 Å². The Morgan fingerprint density at radius 2 is 1.57 bits per heavy atom. The normalized spacial score (nSPS) is 20.7. The Bertz CT molecular complexity index is 885. The van der Waals surface area contributed by atoms with E-state index in [9.17, 15) is 14.7 Å². The highest BCUT2D eigenvalue weighted by molar-refractivity contribution is 5.70. The van der Waals surface area contributed by atoms with Gasteiger partial charge in [-0.3, -0.25) is 14.9 Å². The van der Waals surface area contributed by atoms with Gasteiger partial charge in [-0.15, -0.1) is 0 Å². The molecule has 3 rings (SSSR count). The first-order valence-electron chi connectivity index (χ1n) is 9.61. The highest BCUT2D eigenvalue weighted by Crippen LogP contribution is 2.24. The maximum absolute atomic E-state index is 11.3. The number of hydrogen-bond acceptors (Lipinski definition) is 8. The topological polar surface area (TPSA) is 103 Å². The van der Waals surface area contributed by atoms with Gasteiger partial charge in [0.15, 0.2) is 0 Å². The average Bonchev–Trinajstić information content (AvgIpc) is 3.05. The second kappa shape index (κ2) is 10.3. The number of benzene rings is 2. The summed E-state index contributed by atoms with van der Waals surface area (Å²) in [5.74, 6) is 0.0577. The molecule has 0 bridgehead atoms. The molecule has 1 fully saturated rings. The van der Waals surface area contributed by atoms with Crippen molar-refractivity contribution in [2.75, 3.05) is 6.61 Å². The molecule has 8 nitrogen and oxygen atoms in total. The van der Waals surface area contributed by atoms with E-state index < -0.39 is 30.4 Å². The highest BCUT2D eigenvalue weighted by Gasteiger charge is 2.37. The van der Waals surface area contributed by atoms with Gasteiger partial charge in [0, 0.05) is 31.5 Å². The van der Waals surface area contributed by atoms with Gasteiger partial charge in [0.05, 0.1) is 13.2 Å². The summed E-state index contributed by atoms with van der Waals surface area (Å²) >= 11 is 0. The van der Waals surface area contributed by atoms with Gasteiger partial charge in [-0.2, -0.15) is 0 Å². The zero-order valence-corrected chi connectivity index (χ0v) is 16.9. The van der Waals surface area contributed by atoms with Gasteiger partial charge in [-0.25, -0.2) is 0 Å². The number of aliphatic hydroxyl groups is 1. The van der Waals surface area contributed by atoms with Gasteiger partial charge in [-0.1, -0.05) is 36.4 Å². The Morgan fingerprint density at radius 3 is 2.20 bits per heavy atom. The Kier molecular flexibility index (Phi) is 7.53. The minimum Gasteiger partial charge on any atom is -0.426 e. The van der Waals surface area contributed by atoms with Crippen molar-refractivity contribution in [2.24, 2.45) is 0 Å². The van der Waals surface area contributed by atoms with Crippen LogP contribution in [0.25, 0.3) is 0 Å². The fourth-order valence-corrected chi connectivity index (χ4v) is 3.15. The van der Waals surface area contributed by atoms with E-state index in [1.807, 2.05) is 18.2 Å². The monoisotopic (exact) mass is 415 g/mol. The van der Waals surface area contributed by atoms with E-state index in [1.54, 1.807) is 30.3 Å². The number of aliphatic hydroxyl groups excluding tert-OH is 1. The largest absolute Gasteiger partial charge is 0.426 e. The molecule has 1 aliphatic rings. The first-order chi connectivity index (χ1) is 14.4. The lowest BCUT2D eigenvalue weighted by Crippen LogP contribution is -2.42. The molecule has 0 aliphatic carbocycles. The fourth-order valence-electron chi connectivity index (χ4n) is 3.15. The number of rotatable bonds is 8. The fraction of sp³-hybridized carbons (Fsp3) is 0.364. The van der Waals surface area contributed by atoms with Crippen LogP contribution >= 0.6 is 0 Å². The van der Waals surface area contributed by atoms with Crippen LogP contribution in [0.3, 0.4) is 0 Å². The molecule has 0 amide bonds. The van der Waals surface area contributed by atoms with Crippen molar-refractivity contribution in [3.05, 3.63) is 59.7 Å². The van der Waals surface area contributed by atoms with E-state index in [0.29, 0.717) is 23.6 Å². The van der Waals surface area contributed by atoms with Gasteiger partial charge in [0.1, 0.15) is 29.9 Å². The predicted molar refractivity (Wildman–Crippen MR) is 107 cm³/mol. The minimum atomic E-state index is -0.813. The summed E-state index contributed by atoms with van der Waals surface area (Å²) in [7, 11) is 0. The molecule has 2 N–H and O–H groups in total. The van der Waals surface area contributed by atoms with Crippen molar-refractivity contribution >= 4 is 11.9 Å². The van der Waals surface area contributed by atoms with E-state index in [2.05, 4.69) is 5.32 Å². The van der Waals surface area contributed by atoms with Gasteiger partial charge >= 0.3 is 11.9 Å². The maximum atomic E-state index is 11.3. The molecule has 30 heavy (non-hydrogen) atoms. The number of esters is 2. The molecule has 0 aromatic heterocycles. The molecular formula is C22H25NO7. The standard InChI is InChI=1S/C22H25NO7/c1-14(24)29-19-9-5-3-7-16(19)11-23-22-21(18(26)13-28-22)27-12-17-8-4-6-10-20(17)30-15(2)25/h3-10,18,21-23,26H,11-13H2,1-2H3/t18-,21+,22?/m1/s1. The van der Waals surface area contributed by atoms with E-state index in [-0.39, 0.29) is 13.2 Å². The zero-order chi connectivity index (χ0) is 21.5. The molecule has 2 aromatic rings. The summed E-state index contributed by atoms with van der Waals surface area (Å²) in [6.07, 6.45) is -2.00. The summed E-state index contributed by atoms with van der Waals surface area (Å²) in [6.45, 7) is 3.29. The quantitative estimate of drug-likeness (QED) is 0.498. The lowest BCUT2D eigenvalue weighted by Gasteiger charge is -2.23. The molecule has 160 valence electrons. The van der Waals surface area contributed by atoms with Crippen molar-refractivity contribution in [3.63, 3.8) is 0 Å². The van der Waals surface area contributed by atoms with Crippen LogP contribution in [0.2, 0.25) is 0 Å². The van der Waals surface area contributed by atoms with E-state index in [4.69, 9.17) is 18.9 Å². The van der Waals surface area contributed by atoms with E-state index >= 15 is 0 Å². The van der Waals surface area contributed by atoms with Crippen LogP contribution in [0, 0.1) is 0 Å². The lowest BCUT2D eigenvalue weighted by molar-refractivity contribution is -0.133. The van der Waals surface area contributed by atoms with Crippen molar-refractivity contribution < 1.29 is 33.6 Å². The molecule has 1 heterocycles. The molecule has 0 radical (unpaired) electrons. The summed E-state index contributed by atoms with van der Waals surface area (Å²) in [4.78, 5) is 22.6. The van der Waals surface area contributed by atoms with Crippen LogP contribution in [-0.4, -0.2) is 42.1 Å². The second-order valence-electron chi connectivity index (χ2n) is 6.88. The van der Waals surface area contributed by atoms with Crippen molar-refractivity contribution in [3.8, 4) is 11.5 Å². The van der Waals surface area contributed by atoms with Crippen LogP contribution in [0.4, 0.5) is 0 Å². The van der Waals surface area contributed by atoms with Gasteiger partial charge in [0.25, 0.3) is 0 Å². The number of ether oxygens (including phenoxy) is 4. The van der Waals surface area contributed by atoms with E-state index in [0.717, 1.165) is 5.56 Å². The number of nitrogens with one attached hydrogen (secondary N) is 1. The lowest BCUT2D eigenvalue weighted by atomic mass is 10.1. The third-order valence-corrected chi connectivity index (χ3v) is 4.50. The first kappa shape index (κ1) is 21.9. The average molecular weight is 415 g/mol. The Balaban J connectivity index is 1.62. The molecular weight excluding hydrogens is 390 g/mol. The summed E-state index contributed by atoms with van der Waals surface area (Å²) in [6, 6.07) is 14.2. The van der Waals surface area contributed by atoms with E-state index in [1.165, 1.54) is 13.8 Å². The van der Waals surface area contributed by atoms with Crippen molar-refractivity contribution in [1.82, 2.24) is 5.32 Å². The van der Waals surface area contributed by atoms with Crippen LogP contribution in [0.1, 0.15) is 25.0 Å². The summed E-state index contributed by atoms with van der Waals surface area (Å²) in [5, 5.41) is 13.5. The highest BCUT2D eigenvalue weighted by atomic mass is 16.6.